The van der Waals surface area contributed by atoms with Gasteiger partial charge in [-0.25, -0.2) is 4.79 Å². The van der Waals surface area contributed by atoms with Crippen molar-refractivity contribution in [3.8, 4) is 0 Å². The first-order valence-corrected chi connectivity index (χ1v) is 7.76. The van der Waals surface area contributed by atoms with Crippen LogP contribution in [0.1, 0.15) is 62.3 Å². The van der Waals surface area contributed by atoms with Crippen LogP contribution < -0.4 is 0 Å². The number of halogens is 3. The minimum Gasteiger partial charge on any atom is -0.475 e. The van der Waals surface area contributed by atoms with Gasteiger partial charge in [0.25, 0.3) is 0 Å². The standard InChI is InChI=1S/C12H27P.C2HF3O2/c1-10(2,3)13(11(4,5)6)12(7,8)9;3-2(4,5)1(6)7/h1-9H3;(H,6,7). The Morgan fingerprint density at radius 3 is 0.900 bits per heavy atom. The van der Waals surface area contributed by atoms with E-state index in [1.807, 2.05) is 0 Å². The summed E-state index contributed by atoms with van der Waals surface area (Å²) in [6, 6.07) is 0. The van der Waals surface area contributed by atoms with E-state index in [0.717, 1.165) is 0 Å². The third-order valence-electron chi connectivity index (χ3n) is 2.25. The zero-order valence-corrected chi connectivity index (χ0v) is 14.8. The van der Waals surface area contributed by atoms with Gasteiger partial charge < -0.3 is 5.11 Å². The summed E-state index contributed by atoms with van der Waals surface area (Å²) in [5.41, 5.74) is 0. The molecule has 20 heavy (non-hydrogen) atoms. The minimum atomic E-state index is -5.08. The number of hydrogen-bond acceptors (Lipinski definition) is 1. The fraction of sp³-hybridized carbons (Fsp3) is 0.929. The van der Waals surface area contributed by atoms with Gasteiger partial charge in [0.2, 0.25) is 0 Å². The van der Waals surface area contributed by atoms with Crippen molar-refractivity contribution < 1.29 is 23.1 Å². The quantitative estimate of drug-likeness (QED) is 0.599. The van der Waals surface area contributed by atoms with E-state index in [2.05, 4.69) is 62.3 Å². The van der Waals surface area contributed by atoms with Crippen LogP contribution in [0.2, 0.25) is 0 Å². The van der Waals surface area contributed by atoms with Crippen LogP contribution in [0.4, 0.5) is 13.2 Å². The maximum Gasteiger partial charge on any atom is 0.490 e. The van der Waals surface area contributed by atoms with E-state index < -0.39 is 12.1 Å². The summed E-state index contributed by atoms with van der Waals surface area (Å²) in [4.78, 5) is 8.90. The molecule has 0 aliphatic rings. The molecule has 0 saturated heterocycles. The van der Waals surface area contributed by atoms with Crippen LogP contribution in [0.15, 0.2) is 0 Å². The molecule has 0 rings (SSSR count). The smallest absolute Gasteiger partial charge is 0.475 e. The number of carbonyl (C=O) groups is 1. The van der Waals surface area contributed by atoms with Gasteiger partial charge in [-0.3, -0.25) is 0 Å². The first kappa shape index (κ1) is 22.0. The average Bonchev–Trinajstić information content (AvgIpc) is 1.91. The van der Waals surface area contributed by atoms with Crippen molar-refractivity contribution in [1.29, 1.82) is 0 Å². The van der Waals surface area contributed by atoms with E-state index in [1.54, 1.807) is 0 Å². The molecule has 0 aliphatic carbocycles. The number of carboxylic acids is 1. The van der Waals surface area contributed by atoms with Gasteiger partial charge in [0, 0.05) is 0 Å². The van der Waals surface area contributed by atoms with E-state index in [9.17, 15) is 13.2 Å². The lowest BCUT2D eigenvalue weighted by Gasteiger charge is -2.49. The lowest BCUT2D eigenvalue weighted by Crippen LogP contribution is -2.34. The summed E-state index contributed by atoms with van der Waals surface area (Å²) in [6.45, 7) is 21.5. The lowest BCUT2D eigenvalue weighted by atomic mass is 10.2. The molecule has 0 aromatic rings. The molecule has 0 saturated carbocycles. The summed E-state index contributed by atoms with van der Waals surface area (Å²) in [7, 11) is 0.0162. The van der Waals surface area contributed by atoms with Crippen molar-refractivity contribution in [2.24, 2.45) is 0 Å². The Bertz CT molecular complexity index is 284. The molecule has 0 aromatic carbocycles. The van der Waals surface area contributed by atoms with Crippen molar-refractivity contribution in [2.45, 2.75) is 84.0 Å². The van der Waals surface area contributed by atoms with Gasteiger partial charge in [0.1, 0.15) is 0 Å². The van der Waals surface area contributed by atoms with Crippen molar-refractivity contribution in [3.63, 3.8) is 0 Å². The average molecular weight is 316 g/mol. The van der Waals surface area contributed by atoms with E-state index in [-0.39, 0.29) is 7.92 Å². The van der Waals surface area contributed by atoms with E-state index >= 15 is 0 Å². The number of aliphatic carboxylic acids is 1. The van der Waals surface area contributed by atoms with Gasteiger partial charge in [0.15, 0.2) is 0 Å². The molecule has 0 fully saturated rings. The van der Waals surface area contributed by atoms with Gasteiger partial charge in [0.05, 0.1) is 0 Å². The van der Waals surface area contributed by atoms with Crippen molar-refractivity contribution in [3.05, 3.63) is 0 Å². The third-order valence-corrected chi connectivity index (χ3v) is 6.28. The highest BCUT2D eigenvalue weighted by molar-refractivity contribution is 7.62. The van der Waals surface area contributed by atoms with Gasteiger partial charge in [-0.2, -0.15) is 13.2 Å². The van der Waals surface area contributed by atoms with Crippen molar-refractivity contribution in [2.75, 3.05) is 0 Å². The van der Waals surface area contributed by atoms with Crippen LogP contribution in [0.5, 0.6) is 0 Å². The van der Waals surface area contributed by atoms with E-state index in [4.69, 9.17) is 9.90 Å². The van der Waals surface area contributed by atoms with Gasteiger partial charge in [-0.05, 0) is 15.5 Å². The first-order chi connectivity index (χ1) is 8.31. The van der Waals surface area contributed by atoms with E-state index in [0.29, 0.717) is 15.5 Å². The molecule has 0 unspecified atom stereocenters. The number of carboxylic acid groups (broad SMARTS) is 1. The predicted octanol–water partition coefficient (Wildman–Crippen LogP) is 5.50. The number of alkyl halides is 3. The molecule has 2 nitrogen and oxygen atoms in total. The van der Waals surface area contributed by atoms with Gasteiger partial charge in [-0.15, -0.1) is 0 Å². The SMILES string of the molecule is CC(C)(C)P(C(C)(C)C)C(C)(C)C.O=C(O)C(F)(F)F. The fourth-order valence-corrected chi connectivity index (χ4v) is 9.06. The Hall–Kier alpha value is -0.310. The number of rotatable bonds is 0. The normalized spacial score (nSPS) is 13.8. The molecule has 0 spiro atoms. The largest absolute Gasteiger partial charge is 0.490 e. The van der Waals surface area contributed by atoms with Crippen LogP contribution in [0.3, 0.4) is 0 Å². The Morgan fingerprint density at radius 2 is 0.900 bits per heavy atom. The second kappa shape index (κ2) is 6.64. The Morgan fingerprint density at radius 1 is 0.750 bits per heavy atom. The highest BCUT2D eigenvalue weighted by Gasteiger charge is 2.41. The third kappa shape index (κ3) is 8.78. The predicted molar refractivity (Wildman–Crippen MR) is 79.9 cm³/mol. The second-order valence-corrected chi connectivity index (χ2v) is 12.3. The van der Waals surface area contributed by atoms with Crippen LogP contribution >= 0.6 is 7.92 Å². The van der Waals surface area contributed by atoms with Crippen LogP contribution in [-0.4, -0.2) is 32.7 Å². The highest BCUT2D eigenvalue weighted by Crippen LogP contribution is 2.66. The molecular weight excluding hydrogens is 288 g/mol. The topological polar surface area (TPSA) is 37.3 Å². The molecule has 0 aromatic heterocycles. The maximum atomic E-state index is 10.6. The Labute approximate surface area is 121 Å². The second-order valence-electron chi connectivity index (χ2n) is 7.65. The molecule has 0 aliphatic heterocycles. The molecule has 0 amide bonds. The minimum absolute atomic E-state index is 0.0162. The summed E-state index contributed by atoms with van der Waals surface area (Å²) in [6.07, 6.45) is -5.08. The molecule has 6 heteroatoms. The van der Waals surface area contributed by atoms with Gasteiger partial charge in [-0.1, -0.05) is 70.2 Å². The van der Waals surface area contributed by atoms with Crippen LogP contribution in [0.25, 0.3) is 0 Å². The maximum absolute atomic E-state index is 10.6. The Balaban J connectivity index is 0. The molecule has 0 bridgehead atoms. The van der Waals surface area contributed by atoms with Crippen LogP contribution in [0, 0.1) is 0 Å². The van der Waals surface area contributed by atoms with Crippen molar-refractivity contribution >= 4 is 13.9 Å². The summed E-state index contributed by atoms with van der Waals surface area (Å²) in [5.74, 6) is -2.76. The fourth-order valence-electron chi connectivity index (χ4n) is 3.02. The van der Waals surface area contributed by atoms with Crippen molar-refractivity contribution in [1.82, 2.24) is 0 Å². The lowest BCUT2D eigenvalue weighted by molar-refractivity contribution is -0.192. The zero-order valence-electron chi connectivity index (χ0n) is 13.9. The molecule has 0 atom stereocenters. The monoisotopic (exact) mass is 316 g/mol. The van der Waals surface area contributed by atoms with E-state index in [1.165, 1.54) is 0 Å². The molecule has 0 radical (unpaired) electrons. The molecule has 0 heterocycles. The highest BCUT2D eigenvalue weighted by atomic mass is 31.1. The number of hydrogen-bond donors (Lipinski definition) is 1. The molecule has 122 valence electrons. The van der Waals surface area contributed by atoms with Crippen LogP contribution in [-0.2, 0) is 4.79 Å². The summed E-state index contributed by atoms with van der Waals surface area (Å²) < 4.78 is 31.7. The summed E-state index contributed by atoms with van der Waals surface area (Å²) in [5, 5.41) is 8.48. The first-order valence-electron chi connectivity index (χ1n) is 6.42. The zero-order chi connectivity index (χ0) is 17.2. The summed E-state index contributed by atoms with van der Waals surface area (Å²) >= 11 is 0. The molecule has 1 N–H and O–H groups in total. The Kier molecular flexibility index (Phi) is 7.29. The molecular formula is C14H28F3O2P. The van der Waals surface area contributed by atoms with Gasteiger partial charge >= 0.3 is 12.1 Å².